The van der Waals surface area contributed by atoms with Crippen LogP contribution in [0.3, 0.4) is 0 Å². The van der Waals surface area contributed by atoms with Gasteiger partial charge in [0, 0.05) is 17.7 Å². The van der Waals surface area contributed by atoms with E-state index < -0.39 is 0 Å². The van der Waals surface area contributed by atoms with Crippen LogP contribution in [0.25, 0.3) is 0 Å². The minimum absolute atomic E-state index is 0.0638. The van der Waals surface area contributed by atoms with Crippen LogP contribution in [0.1, 0.15) is 35.7 Å². The predicted molar refractivity (Wildman–Crippen MR) is 57.5 cm³/mol. The lowest BCUT2D eigenvalue weighted by Gasteiger charge is -2.13. The monoisotopic (exact) mass is 198 g/mol. The number of rotatable bonds is 1. The number of nitrogens with zero attached hydrogens (tertiary/aromatic N) is 2. The van der Waals surface area contributed by atoms with Crippen molar-refractivity contribution in [2.45, 2.75) is 19.8 Å². The number of ketones is 1. The van der Waals surface area contributed by atoms with Gasteiger partial charge in [-0.05, 0) is 24.6 Å². The molecule has 0 bridgehead atoms. The summed E-state index contributed by atoms with van der Waals surface area (Å²) in [5, 5.41) is 8.73. The van der Waals surface area contributed by atoms with Crippen LogP contribution in [-0.4, -0.2) is 11.5 Å². The topological polar surface area (TPSA) is 53.2 Å². The van der Waals surface area contributed by atoms with Gasteiger partial charge in [-0.25, -0.2) is 0 Å². The molecular weight excluding hydrogens is 188 g/mol. The summed E-state index contributed by atoms with van der Waals surface area (Å²) in [4.78, 5) is 16.1. The summed E-state index contributed by atoms with van der Waals surface area (Å²) in [6, 6.07) is 7.07. The summed E-state index contributed by atoms with van der Waals surface area (Å²) in [7, 11) is 0. The minimum atomic E-state index is 0.0638. The lowest BCUT2D eigenvalue weighted by molar-refractivity contribution is 0.0999. The Bertz CT molecular complexity index is 495. The number of nitriles is 1. The molecule has 0 unspecified atom stereocenters. The fraction of sp³-hybridized carbons (Fsp3) is 0.250. The van der Waals surface area contributed by atoms with Crippen molar-refractivity contribution in [3.63, 3.8) is 0 Å². The van der Waals surface area contributed by atoms with Gasteiger partial charge < -0.3 is 0 Å². The van der Waals surface area contributed by atoms with E-state index in [1.54, 1.807) is 18.2 Å². The molecule has 1 aromatic rings. The van der Waals surface area contributed by atoms with Gasteiger partial charge in [0.05, 0.1) is 17.3 Å². The number of carbonyl (C=O) groups is 1. The Hall–Kier alpha value is -1.95. The molecule has 0 atom stereocenters. The van der Waals surface area contributed by atoms with Crippen LogP contribution in [-0.2, 0) is 0 Å². The lowest BCUT2D eigenvalue weighted by atomic mass is 9.97. The van der Waals surface area contributed by atoms with Gasteiger partial charge >= 0.3 is 0 Å². The standard InChI is InChI=1S/C12H10N2O/c1-2-9-6-12(15)10-5-8(7-13)3-4-11(10)14-9/h3-5H,2,6H2,1H3. The molecular formula is C12H10N2O. The van der Waals surface area contributed by atoms with Crippen molar-refractivity contribution in [3.8, 4) is 6.07 Å². The Morgan fingerprint density at radius 1 is 1.53 bits per heavy atom. The molecule has 1 aromatic carbocycles. The third-order valence-corrected chi connectivity index (χ3v) is 2.48. The second kappa shape index (κ2) is 3.66. The number of carbonyl (C=O) groups excluding carboxylic acids is 1. The summed E-state index contributed by atoms with van der Waals surface area (Å²) in [5.74, 6) is 0.0638. The lowest BCUT2D eigenvalue weighted by Crippen LogP contribution is -2.12. The molecule has 0 spiro atoms. The minimum Gasteiger partial charge on any atom is -0.294 e. The SMILES string of the molecule is CCC1=Nc2ccc(C#N)cc2C(=O)C1. The van der Waals surface area contributed by atoms with E-state index in [1.807, 2.05) is 13.0 Å². The Morgan fingerprint density at radius 3 is 3.00 bits per heavy atom. The van der Waals surface area contributed by atoms with Gasteiger partial charge in [-0.3, -0.25) is 9.79 Å². The van der Waals surface area contributed by atoms with E-state index in [4.69, 9.17) is 5.26 Å². The van der Waals surface area contributed by atoms with Crippen LogP contribution in [0.5, 0.6) is 0 Å². The van der Waals surface area contributed by atoms with Crippen LogP contribution >= 0.6 is 0 Å². The maximum Gasteiger partial charge on any atom is 0.170 e. The quantitative estimate of drug-likeness (QED) is 0.696. The summed E-state index contributed by atoms with van der Waals surface area (Å²) in [6.07, 6.45) is 1.18. The number of hydrogen-bond donors (Lipinski definition) is 0. The van der Waals surface area contributed by atoms with E-state index >= 15 is 0 Å². The second-order valence-electron chi connectivity index (χ2n) is 3.48. The van der Waals surface area contributed by atoms with Crippen molar-refractivity contribution < 1.29 is 4.79 Å². The van der Waals surface area contributed by atoms with Gasteiger partial charge in [-0.15, -0.1) is 0 Å². The third-order valence-electron chi connectivity index (χ3n) is 2.48. The van der Waals surface area contributed by atoms with Gasteiger partial charge in [0.1, 0.15) is 0 Å². The molecule has 1 aliphatic heterocycles. The number of fused-ring (bicyclic) bond motifs is 1. The van der Waals surface area contributed by atoms with Crippen LogP contribution in [0.2, 0.25) is 0 Å². The molecule has 0 saturated carbocycles. The third kappa shape index (κ3) is 1.66. The molecule has 3 nitrogen and oxygen atoms in total. The van der Waals surface area contributed by atoms with Crippen molar-refractivity contribution in [3.05, 3.63) is 29.3 Å². The molecule has 0 N–H and O–H groups in total. The molecule has 2 rings (SSSR count). The number of hydrogen-bond acceptors (Lipinski definition) is 3. The zero-order valence-corrected chi connectivity index (χ0v) is 8.45. The first-order chi connectivity index (χ1) is 7.24. The van der Waals surface area contributed by atoms with Crippen LogP contribution < -0.4 is 0 Å². The highest BCUT2D eigenvalue weighted by molar-refractivity contribution is 6.15. The molecule has 15 heavy (non-hydrogen) atoms. The van der Waals surface area contributed by atoms with Crippen molar-refractivity contribution in [2.75, 3.05) is 0 Å². The number of benzene rings is 1. The first-order valence-electron chi connectivity index (χ1n) is 4.88. The zero-order chi connectivity index (χ0) is 10.8. The predicted octanol–water partition coefficient (Wildman–Crippen LogP) is 2.63. The molecule has 3 heteroatoms. The van der Waals surface area contributed by atoms with Gasteiger partial charge in [-0.2, -0.15) is 5.26 Å². The Balaban J connectivity index is 2.55. The first-order valence-corrected chi connectivity index (χ1v) is 4.88. The largest absolute Gasteiger partial charge is 0.294 e. The van der Waals surface area contributed by atoms with Gasteiger partial charge in [0.25, 0.3) is 0 Å². The summed E-state index contributed by atoms with van der Waals surface area (Å²) in [6.45, 7) is 1.99. The molecule has 0 fully saturated rings. The first kappa shape index (κ1) is 9.60. The molecule has 0 aromatic heterocycles. The number of Topliss-reactive ketones (excluding diaryl/α,β-unsaturated/α-hetero) is 1. The fourth-order valence-electron chi connectivity index (χ4n) is 1.62. The zero-order valence-electron chi connectivity index (χ0n) is 8.45. The molecule has 74 valence electrons. The van der Waals surface area contributed by atoms with Crippen molar-refractivity contribution in [2.24, 2.45) is 4.99 Å². The van der Waals surface area contributed by atoms with E-state index in [-0.39, 0.29) is 5.78 Å². The van der Waals surface area contributed by atoms with E-state index in [2.05, 4.69) is 4.99 Å². The van der Waals surface area contributed by atoms with E-state index in [0.717, 1.165) is 12.1 Å². The van der Waals surface area contributed by atoms with Crippen LogP contribution in [0.4, 0.5) is 5.69 Å². The summed E-state index contributed by atoms with van der Waals surface area (Å²) >= 11 is 0. The summed E-state index contributed by atoms with van der Waals surface area (Å²) in [5.41, 5.74) is 2.70. The van der Waals surface area contributed by atoms with E-state index in [1.165, 1.54) is 0 Å². The highest BCUT2D eigenvalue weighted by Gasteiger charge is 2.19. The molecule has 1 heterocycles. The highest BCUT2D eigenvalue weighted by Crippen LogP contribution is 2.27. The fourth-order valence-corrected chi connectivity index (χ4v) is 1.62. The maximum atomic E-state index is 11.7. The van der Waals surface area contributed by atoms with Crippen molar-refractivity contribution in [1.82, 2.24) is 0 Å². The smallest absolute Gasteiger partial charge is 0.170 e. The second-order valence-corrected chi connectivity index (χ2v) is 3.48. The molecule has 0 amide bonds. The average Bonchev–Trinajstić information content (AvgIpc) is 2.28. The Kier molecular flexibility index (Phi) is 2.34. The molecule has 1 aliphatic rings. The molecule has 0 saturated heterocycles. The number of aliphatic imine (C=N–C) groups is 1. The van der Waals surface area contributed by atoms with E-state index in [0.29, 0.717) is 23.2 Å². The normalized spacial score (nSPS) is 14.1. The van der Waals surface area contributed by atoms with Gasteiger partial charge in [-0.1, -0.05) is 6.92 Å². The van der Waals surface area contributed by atoms with Gasteiger partial charge in [0.15, 0.2) is 5.78 Å². The highest BCUT2D eigenvalue weighted by atomic mass is 16.1. The Labute approximate surface area is 88.1 Å². The van der Waals surface area contributed by atoms with Crippen molar-refractivity contribution in [1.29, 1.82) is 5.26 Å². The van der Waals surface area contributed by atoms with Crippen LogP contribution in [0, 0.1) is 11.3 Å². The van der Waals surface area contributed by atoms with E-state index in [9.17, 15) is 4.79 Å². The maximum absolute atomic E-state index is 11.7. The molecule has 0 aliphatic carbocycles. The Morgan fingerprint density at radius 2 is 2.33 bits per heavy atom. The van der Waals surface area contributed by atoms with Crippen molar-refractivity contribution >= 4 is 17.2 Å². The van der Waals surface area contributed by atoms with Gasteiger partial charge in [0.2, 0.25) is 0 Å². The summed E-state index contributed by atoms with van der Waals surface area (Å²) < 4.78 is 0. The molecule has 0 radical (unpaired) electrons. The average molecular weight is 198 g/mol. The van der Waals surface area contributed by atoms with Crippen LogP contribution in [0.15, 0.2) is 23.2 Å².